The number of carbonyl (C=O) groups excluding carboxylic acids is 1. The summed E-state index contributed by atoms with van der Waals surface area (Å²) in [4.78, 5) is 12.3. The van der Waals surface area contributed by atoms with Crippen molar-refractivity contribution in [2.75, 3.05) is 19.9 Å². The maximum absolute atomic E-state index is 12.0. The molecule has 0 spiro atoms. The minimum absolute atomic E-state index is 0.0678. The molecule has 2 rings (SSSR count). The zero-order chi connectivity index (χ0) is 15.5. The van der Waals surface area contributed by atoms with Crippen LogP contribution in [0.2, 0.25) is 0 Å². The molecule has 1 saturated heterocycles. The summed E-state index contributed by atoms with van der Waals surface area (Å²) in [5, 5.41) is 5.94. The van der Waals surface area contributed by atoms with Gasteiger partial charge in [-0.3, -0.25) is 4.79 Å². The first kappa shape index (κ1) is 15.9. The van der Waals surface area contributed by atoms with E-state index < -0.39 is 9.84 Å². The molecule has 1 amide bonds. The molecule has 1 aliphatic rings. The highest BCUT2D eigenvalue weighted by molar-refractivity contribution is 7.90. The van der Waals surface area contributed by atoms with E-state index in [1.807, 2.05) is 0 Å². The fraction of sp³-hybridized carbons (Fsp3) is 0.500. The molecule has 7 heteroatoms. The lowest BCUT2D eigenvalue weighted by molar-refractivity contribution is -0.123. The molecule has 2 unspecified atom stereocenters. The van der Waals surface area contributed by atoms with Crippen LogP contribution in [0.25, 0.3) is 0 Å². The van der Waals surface area contributed by atoms with Crippen molar-refractivity contribution >= 4 is 15.7 Å². The Morgan fingerprint density at radius 3 is 2.57 bits per heavy atom. The molecular weight excluding hydrogens is 292 g/mol. The molecule has 1 aliphatic heterocycles. The maximum atomic E-state index is 12.0. The monoisotopic (exact) mass is 312 g/mol. The van der Waals surface area contributed by atoms with Gasteiger partial charge in [-0.2, -0.15) is 0 Å². The third-order valence-corrected chi connectivity index (χ3v) is 4.69. The second-order valence-electron chi connectivity index (χ2n) is 5.19. The minimum Gasteiger partial charge on any atom is -0.380 e. The van der Waals surface area contributed by atoms with Crippen LogP contribution in [-0.4, -0.2) is 46.4 Å². The van der Waals surface area contributed by atoms with E-state index in [9.17, 15) is 13.2 Å². The van der Waals surface area contributed by atoms with Crippen LogP contribution < -0.4 is 10.6 Å². The zero-order valence-corrected chi connectivity index (χ0v) is 12.9. The molecule has 0 radical (unpaired) electrons. The highest BCUT2D eigenvalue weighted by Gasteiger charge is 2.28. The van der Waals surface area contributed by atoms with Gasteiger partial charge in [0.1, 0.15) is 0 Å². The lowest BCUT2D eigenvalue weighted by Crippen LogP contribution is -2.39. The van der Waals surface area contributed by atoms with Gasteiger partial charge >= 0.3 is 0 Å². The fourth-order valence-corrected chi connectivity index (χ4v) is 2.88. The summed E-state index contributed by atoms with van der Waals surface area (Å²) in [6.45, 7) is 1.05. The Balaban J connectivity index is 1.87. The molecule has 0 aliphatic carbocycles. The number of ether oxygens (including phenoxy) is 1. The van der Waals surface area contributed by atoms with Gasteiger partial charge < -0.3 is 15.4 Å². The Morgan fingerprint density at radius 2 is 2.05 bits per heavy atom. The Morgan fingerprint density at radius 1 is 1.38 bits per heavy atom. The quantitative estimate of drug-likeness (QED) is 0.804. The van der Waals surface area contributed by atoms with Gasteiger partial charge in [0, 0.05) is 26.5 Å². The predicted molar refractivity (Wildman–Crippen MR) is 78.6 cm³/mol. The Labute approximate surface area is 124 Å². The molecular formula is C14H20N2O4S. The van der Waals surface area contributed by atoms with Crippen LogP contribution in [0.1, 0.15) is 12.0 Å². The van der Waals surface area contributed by atoms with E-state index >= 15 is 0 Å². The number of hydrogen-bond donors (Lipinski definition) is 2. The van der Waals surface area contributed by atoms with Gasteiger partial charge in [0.2, 0.25) is 5.91 Å². The van der Waals surface area contributed by atoms with Crippen LogP contribution in [0.3, 0.4) is 0 Å². The SMILES string of the molecule is COC1CNC(C(=O)NCc2ccc(S(C)(=O)=O)cc2)C1. The van der Waals surface area contributed by atoms with Crippen molar-refractivity contribution in [3.63, 3.8) is 0 Å². The van der Waals surface area contributed by atoms with Gasteiger partial charge in [0.15, 0.2) is 9.84 Å². The molecule has 0 saturated carbocycles. The summed E-state index contributed by atoms with van der Waals surface area (Å²) in [5.74, 6) is -0.0678. The lowest BCUT2D eigenvalue weighted by Gasteiger charge is -2.11. The number of methoxy groups -OCH3 is 1. The summed E-state index contributed by atoms with van der Waals surface area (Å²) in [5.41, 5.74) is 0.858. The molecule has 1 fully saturated rings. The van der Waals surface area contributed by atoms with Gasteiger partial charge in [-0.15, -0.1) is 0 Å². The summed E-state index contributed by atoms with van der Waals surface area (Å²) in [7, 11) is -1.55. The van der Waals surface area contributed by atoms with Gasteiger partial charge in [-0.05, 0) is 24.1 Å². The second kappa shape index (κ2) is 6.55. The van der Waals surface area contributed by atoms with Crippen molar-refractivity contribution in [3.05, 3.63) is 29.8 Å². The standard InChI is InChI=1S/C14H20N2O4S/c1-20-11-7-13(15-9-11)14(17)16-8-10-3-5-12(6-4-10)21(2,18)19/h3-6,11,13,15H,7-9H2,1-2H3,(H,16,17). The maximum Gasteiger partial charge on any atom is 0.237 e. The average Bonchev–Trinajstić information content (AvgIpc) is 2.93. The highest BCUT2D eigenvalue weighted by Crippen LogP contribution is 2.12. The van der Waals surface area contributed by atoms with Crippen LogP contribution in [0.15, 0.2) is 29.2 Å². The van der Waals surface area contributed by atoms with Crippen molar-refractivity contribution in [1.29, 1.82) is 0 Å². The summed E-state index contributed by atoms with van der Waals surface area (Å²) < 4.78 is 27.9. The van der Waals surface area contributed by atoms with Crippen molar-refractivity contribution < 1.29 is 17.9 Å². The molecule has 2 N–H and O–H groups in total. The van der Waals surface area contributed by atoms with E-state index in [1.165, 1.54) is 6.26 Å². The number of benzene rings is 1. The Hall–Kier alpha value is -1.44. The molecule has 0 aromatic heterocycles. The number of amides is 1. The predicted octanol–water partition coefficient (Wildman–Crippen LogP) is 0.0832. The molecule has 1 heterocycles. The normalized spacial score (nSPS) is 22.2. The van der Waals surface area contributed by atoms with E-state index in [4.69, 9.17) is 4.74 Å². The van der Waals surface area contributed by atoms with E-state index in [-0.39, 0.29) is 22.9 Å². The number of rotatable bonds is 5. The number of hydrogen-bond acceptors (Lipinski definition) is 5. The third-order valence-electron chi connectivity index (χ3n) is 3.56. The molecule has 116 valence electrons. The fourth-order valence-electron chi connectivity index (χ4n) is 2.25. The largest absolute Gasteiger partial charge is 0.380 e. The number of carbonyl (C=O) groups is 1. The summed E-state index contributed by atoms with van der Waals surface area (Å²) in [6, 6.07) is 6.27. The minimum atomic E-state index is -3.18. The van der Waals surface area contributed by atoms with E-state index in [2.05, 4.69) is 10.6 Å². The molecule has 0 bridgehead atoms. The van der Waals surface area contributed by atoms with Crippen LogP contribution in [0.5, 0.6) is 0 Å². The molecule has 2 atom stereocenters. The van der Waals surface area contributed by atoms with Gasteiger partial charge in [0.05, 0.1) is 17.0 Å². The Bertz CT molecular complexity index is 598. The van der Waals surface area contributed by atoms with Crippen molar-refractivity contribution in [3.8, 4) is 0 Å². The van der Waals surface area contributed by atoms with E-state index in [0.717, 1.165) is 5.56 Å². The molecule has 6 nitrogen and oxygen atoms in total. The van der Waals surface area contributed by atoms with Crippen molar-refractivity contribution in [2.45, 2.75) is 30.0 Å². The molecule has 1 aromatic rings. The first-order valence-electron chi connectivity index (χ1n) is 6.73. The molecule has 1 aromatic carbocycles. The van der Waals surface area contributed by atoms with E-state index in [1.54, 1.807) is 31.4 Å². The van der Waals surface area contributed by atoms with Gasteiger partial charge in [-0.1, -0.05) is 12.1 Å². The van der Waals surface area contributed by atoms with Gasteiger partial charge in [0.25, 0.3) is 0 Å². The van der Waals surface area contributed by atoms with E-state index in [0.29, 0.717) is 19.5 Å². The first-order valence-corrected chi connectivity index (χ1v) is 8.62. The molecule has 21 heavy (non-hydrogen) atoms. The topological polar surface area (TPSA) is 84.5 Å². The second-order valence-corrected chi connectivity index (χ2v) is 7.20. The average molecular weight is 312 g/mol. The zero-order valence-electron chi connectivity index (χ0n) is 12.1. The third kappa shape index (κ3) is 4.26. The van der Waals surface area contributed by atoms with Crippen molar-refractivity contribution in [2.24, 2.45) is 0 Å². The summed E-state index contributed by atoms with van der Waals surface area (Å²) in [6.07, 6.45) is 1.91. The van der Waals surface area contributed by atoms with Crippen LogP contribution in [0, 0.1) is 0 Å². The number of nitrogens with one attached hydrogen (secondary N) is 2. The van der Waals surface area contributed by atoms with Gasteiger partial charge in [-0.25, -0.2) is 8.42 Å². The summed E-state index contributed by atoms with van der Waals surface area (Å²) >= 11 is 0. The van der Waals surface area contributed by atoms with Crippen molar-refractivity contribution in [1.82, 2.24) is 10.6 Å². The van der Waals surface area contributed by atoms with Crippen LogP contribution >= 0.6 is 0 Å². The lowest BCUT2D eigenvalue weighted by atomic mass is 10.2. The first-order chi connectivity index (χ1) is 9.90. The Kier molecular flexibility index (Phi) is 4.97. The van der Waals surface area contributed by atoms with Crippen LogP contribution in [-0.2, 0) is 25.9 Å². The van der Waals surface area contributed by atoms with Crippen LogP contribution in [0.4, 0.5) is 0 Å². The number of sulfone groups is 1. The smallest absolute Gasteiger partial charge is 0.237 e. The highest BCUT2D eigenvalue weighted by atomic mass is 32.2.